The van der Waals surface area contributed by atoms with Gasteiger partial charge in [0.25, 0.3) is 0 Å². The fraction of sp³-hybridized carbons (Fsp3) is 0.786. The lowest BCUT2D eigenvalue weighted by Gasteiger charge is -2.38. The van der Waals surface area contributed by atoms with Crippen molar-refractivity contribution in [3.8, 4) is 0 Å². The second-order valence-corrected chi connectivity index (χ2v) is 6.25. The average Bonchev–Trinajstić information content (AvgIpc) is 2.50. The number of allylic oxidation sites excluding steroid dienone is 2. The van der Waals surface area contributed by atoms with Gasteiger partial charge in [0.05, 0.1) is 0 Å². The summed E-state index contributed by atoms with van der Waals surface area (Å²) in [5.41, 5.74) is 1.78. The minimum Gasteiger partial charge on any atom is -0.298 e. The van der Waals surface area contributed by atoms with Gasteiger partial charge in [-0.25, -0.2) is 0 Å². The van der Waals surface area contributed by atoms with E-state index in [4.69, 9.17) is 0 Å². The molecule has 2 rings (SSSR count). The van der Waals surface area contributed by atoms with Gasteiger partial charge in [0.15, 0.2) is 0 Å². The molecule has 15 heavy (non-hydrogen) atoms. The summed E-state index contributed by atoms with van der Waals surface area (Å²) in [6.07, 6.45) is 7.21. The number of carbonyl (C=O) groups excluding carboxylic acids is 1. The molecule has 0 aliphatic heterocycles. The van der Waals surface area contributed by atoms with Crippen LogP contribution < -0.4 is 0 Å². The number of carbonyl (C=O) groups is 1. The van der Waals surface area contributed by atoms with Gasteiger partial charge in [-0.05, 0) is 54.4 Å². The van der Waals surface area contributed by atoms with E-state index in [0.717, 1.165) is 17.8 Å². The van der Waals surface area contributed by atoms with Crippen molar-refractivity contribution in [1.82, 2.24) is 0 Å². The SMILES string of the molecule is CC(C=O)=CC1CC2CCC1(C)C2(C)C. The first-order chi connectivity index (χ1) is 6.91. The fourth-order valence-corrected chi connectivity index (χ4v) is 3.87. The molecule has 0 spiro atoms. The van der Waals surface area contributed by atoms with E-state index in [9.17, 15) is 4.79 Å². The van der Waals surface area contributed by atoms with Crippen molar-refractivity contribution < 1.29 is 4.79 Å². The molecule has 0 heterocycles. The van der Waals surface area contributed by atoms with E-state index in [-0.39, 0.29) is 0 Å². The van der Waals surface area contributed by atoms with E-state index in [1.54, 1.807) is 0 Å². The van der Waals surface area contributed by atoms with Crippen LogP contribution >= 0.6 is 0 Å². The number of aldehydes is 1. The predicted octanol–water partition coefficient (Wildman–Crippen LogP) is 3.59. The van der Waals surface area contributed by atoms with E-state index in [2.05, 4.69) is 26.8 Å². The highest BCUT2D eigenvalue weighted by molar-refractivity contribution is 5.72. The standard InChI is InChI=1S/C14H22O/c1-10(9-15)7-12-8-11-5-6-14(12,4)13(11,2)3/h7,9,11-12H,5-6,8H2,1-4H3. The fourth-order valence-electron chi connectivity index (χ4n) is 3.87. The second-order valence-electron chi connectivity index (χ2n) is 6.25. The molecule has 1 nitrogen and oxygen atoms in total. The Labute approximate surface area is 92.9 Å². The molecule has 1 heteroatoms. The number of rotatable bonds is 2. The van der Waals surface area contributed by atoms with Gasteiger partial charge >= 0.3 is 0 Å². The Kier molecular flexibility index (Phi) is 2.33. The van der Waals surface area contributed by atoms with E-state index in [1.165, 1.54) is 19.3 Å². The molecule has 0 amide bonds. The van der Waals surface area contributed by atoms with Crippen LogP contribution in [-0.4, -0.2) is 6.29 Å². The van der Waals surface area contributed by atoms with Crippen LogP contribution in [0.3, 0.4) is 0 Å². The molecular weight excluding hydrogens is 184 g/mol. The Balaban J connectivity index is 2.30. The Morgan fingerprint density at radius 2 is 2.00 bits per heavy atom. The first-order valence-corrected chi connectivity index (χ1v) is 6.05. The molecule has 0 aromatic carbocycles. The maximum atomic E-state index is 10.7. The summed E-state index contributed by atoms with van der Waals surface area (Å²) in [6.45, 7) is 9.16. The highest BCUT2D eigenvalue weighted by Gasteiger charge is 2.60. The van der Waals surface area contributed by atoms with Crippen LogP contribution in [0.5, 0.6) is 0 Å². The zero-order chi connectivity index (χ0) is 11.3. The summed E-state index contributed by atoms with van der Waals surface area (Å²) in [7, 11) is 0. The monoisotopic (exact) mass is 206 g/mol. The van der Waals surface area contributed by atoms with E-state index in [0.29, 0.717) is 16.7 Å². The molecule has 2 fully saturated rings. The van der Waals surface area contributed by atoms with Gasteiger partial charge in [-0.1, -0.05) is 26.8 Å². The van der Waals surface area contributed by atoms with E-state index in [1.807, 2.05) is 6.92 Å². The largest absolute Gasteiger partial charge is 0.298 e. The number of fused-ring (bicyclic) bond motifs is 2. The minimum atomic E-state index is 0.419. The summed E-state index contributed by atoms with van der Waals surface area (Å²) in [6, 6.07) is 0. The van der Waals surface area contributed by atoms with Crippen LogP contribution in [0.4, 0.5) is 0 Å². The molecule has 3 atom stereocenters. The summed E-state index contributed by atoms with van der Waals surface area (Å²) < 4.78 is 0. The molecule has 3 unspecified atom stereocenters. The molecule has 2 saturated carbocycles. The van der Waals surface area contributed by atoms with Gasteiger partial charge in [0, 0.05) is 0 Å². The summed E-state index contributed by atoms with van der Waals surface area (Å²) >= 11 is 0. The maximum Gasteiger partial charge on any atom is 0.145 e. The Morgan fingerprint density at radius 3 is 2.40 bits per heavy atom. The van der Waals surface area contributed by atoms with Crippen molar-refractivity contribution in [1.29, 1.82) is 0 Å². The van der Waals surface area contributed by atoms with Crippen LogP contribution in [0.2, 0.25) is 0 Å². The van der Waals surface area contributed by atoms with Gasteiger partial charge < -0.3 is 0 Å². The van der Waals surface area contributed by atoms with Crippen LogP contribution in [0, 0.1) is 22.7 Å². The highest BCUT2D eigenvalue weighted by Crippen LogP contribution is 2.68. The smallest absolute Gasteiger partial charge is 0.145 e. The molecule has 2 aliphatic carbocycles. The van der Waals surface area contributed by atoms with Crippen LogP contribution in [-0.2, 0) is 4.79 Å². The lowest BCUT2D eigenvalue weighted by molar-refractivity contribution is -0.104. The minimum absolute atomic E-state index is 0.419. The zero-order valence-corrected chi connectivity index (χ0v) is 10.3. The Bertz CT molecular complexity index is 313. The Morgan fingerprint density at radius 1 is 1.33 bits per heavy atom. The van der Waals surface area contributed by atoms with Gasteiger partial charge in [0.1, 0.15) is 6.29 Å². The second kappa shape index (κ2) is 3.20. The molecule has 2 bridgehead atoms. The first kappa shape index (κ1) is 10.9. The quantitative estimate of drug-likeness (QED) is 0.498. The van der Waals surface area contributed by atoms with Gasteiger partial charge in [0.2, 0.25) is 0 Å². The van der Waals surface area contributed by atoms with Gasteiger partial charge in [-0.3, -0.25) is 4.79 Å². The van der Waals surface area contributed by atoms with Crippen molar-refractivity contribution in [3.63, 3.8) is 0 Å². The van der Waals surface area contributed by atoms with Gasteiger partial charge in [-0.15, -0.1) is 0 Å². The van der Waals surface area contributed by atoms with Crippen LogP contribution in [0.15, 0.2) is 11.6 Å². The van der Waals surface area contributed by atoms with Gasteiger partial charge in [-0.2, -0.15) is 0 Å². The zero-order valence-electron chi connectivity index (χ0n) is 10.3. The van der Waals surface area contributed by atoms with Crippen LogP contribution in [0.1, 0.15) is 47.0 Å². The third kappa shape index (κ3) is 1.32. The third-order valence-corrected chi connectivity index (χ3v) is 5.51. The van der Waals surface area contributed by atoms with Crippen molar-refractivity contribution in [2.45, 2.75) is 47.0 Å². The van der Waals surface area contributed by atoms with E-state index >= 15 is 0 Å². The maximum absolute atomic E-state index is 10.7. The molecule has 0 aromatic rings. The molecule has 2 aliphatic rings. The predicted molar refractivity (Wildman–Crippen MR) is 62.5 cm³/mol. The number of hydrogen-bond donors (Lipinski definition) is 0. The molecule has 0 radical (unpaired) electrons. The Hall–Kier alpha value is -0.590. The summed E-state index contributed by atoms with van der Waals surface area (Å²) in [5, 5.41) is 0. The van der Waals surface area contributed by atoms with Crippen molar-refractivity contribution in [2.75, 3.05) is 0 Å². The molecule has 0 saturated heterocycles. The van der Waals surface area contributed by atoms with Crippen molar-refractivity contribution >= 4 is 6.29 Å². The number of hydrogen-bond acceptors (Lipinski definition) is 1. The third-order valence-electron chi connectivity index (χ3n) is 5.51. The average molecular weight is 206 g/mol. The van der Waals surface area contributed by atoms with E-state index < -0.39 is 0 Å². The molecule has 84 valence electrons. The highest BCUT2D eigenvalue weighted by atomic mass is 16.1. The topological polar surface area (TPSA) is 17.1 Å². The normalized spacial score (nSPS) is 43.3. The van der Waals surface area contributed by atoms with Crippen LogP contribution in [0.25, 0.3) is 0 Å². The van der Waals surface area contributed by atoms with Crippen molar-refractivity contribution in [3.05, 3.63) is 11.6 Å². The molecule has 0 aromatic heterocycles. The first-order valence-electron chi connectivity index (χ1n) is 6.05. The lowest BCUT2D eigenvalue weighted by Crippen LogP contribution is -2.31. The summed E-state index contributed by atoms with van der Waals surface area (Å²) in [5.74, 6) is 1.49. The molecular formula is C14H22O. The van der Waals surface area contributed by atoms with Crippen molar-refractivity contribution in [2.24, 2.45) is 22.7 Å². The lowest BCUT2D eigenvalue weighted by atomic mass is 9.66. The summed E-state index contributed by atoms with van der Waals surface area (Å²) in [4.78, 5) is 10.7. The molecule has 0 N–H and O–H groups in total.